The molecule has 0 rings (SSSR count). The highest BCUT2D eigenvalue weighted by Gasteiger charge is 2.11. The van der Waals surface area contributed by atoms with Crippen molar-refractivity contribution in [1.82, 2.24) is 0 Å². The van der Waals surface area contributed by atoms with E-state index in [0.29, 0.717) is 13.2 Å². The zero-order chi connectivity index (χ0) is 13.2. The van der Waals surface area contributed by atoms with E-state index in [-0.39, 0.29) is 0 Å². The summed E-state index contributed by atoms with van der Waals surface area (Å²) >= 11 is 0. The lowest BCUT2D eigenvalue weighted by Gasteiger charge is -2.00. The quantitative estimate of drug-likeness (QED) is 0.511. The third-order valence-corrected chi connectivity index (χ3v) is 1.97. The smallest absolute Gasteiger partial charge is 0.350 e. The molecule has 16 heavy (non-hydrogen) atoms. The van der Waals surface area contributed by atoms with Crippen LogP contribution in [0.1, 0.15) is 13.8 Å². The lowest BCUT2D eigenvalue weighted by molar-refractivity contribution is 0.170. The third-order valence-electron chi connectivity index (χ3n) is 0.927. The van der Waals surface area contributed by atoms with E-state index >= 15 is 0 Å². The van der Waals surface area contributed by atoms with Crippen molar-refractivity contribution in [3.8, 4) is 0 Å². The van der Waals surface area contributed by atoms with Crippen LogP contribution in [-0.2, 0) is 18.6 Å². The number of hydrogen-bond acceptors (Lipinski definition) is 4. The van der Waals surface area contributed by atoms with Gasteiger partial charge >= 0.3 is 15.2 Å². The van der Waals surface area contributed by atoms with Gasteiger partial charge in [0.2, 0.25) is 0 Å². The molecule has 0 amide bonds. The maximum Gasteiger partial charge on any atom is 0.350 e. The van der Waals surface area contributed by atoms with Crippen LogP contribution < -0.4 is 0 Å². The van der Waals surface area contributed by atoms with Gasteiger partial charge in [-0.15, -0.1) is 0 Å². The summed E-state index contributed by atoms with van der Waals surface area (Å²) < 4.78 is 28.8. The molecule has 0 saturated carbocycles. The highest BCUT2D eigenvalue weighted by atomic mass is 31.2. The molecule has 0 atom stereocenters. The molecule has 0 aliphatic rings. The van der Waals surface area contributed by atoms with Crippen LogP contribution >= 0.6 is 15.2 Å². The molecule has 0 aromatic heterocycles. The van der Waals surface area contributed by atoms with Crippen LogP contribution in [0.15, 0.2) is 0 Å². The van der Waals surface area contributed by atoms with Gasteiger partial charge in [0.25, 0.3) is 0 Å². The Labute approximate surface area is 93.9 Å². The van der Waals surface area contributed by atoms with Gasteiger partial charge in [0.15, 0.2) is 0 Å². The molecular weight excluding hydrogens is 262 g/mol. The van der Waals surface area contributed by atoms with Crippen molar-refractivity contribution in [2.24, 2.45) is 0 Å². The zero-order valence-corrected chi connectivity index (χ0v) is 10.9. The predicted octanol–water partition coefficient (Wildman–Crippen LogP) is 0.316. The number of hydrogen-bond donors (Lipinski definition) is 4. The van der Waals surface area contributed by atoms with E-state index in [4.69, 9.17) is 19.6 Å². The van der Waals surface area contributed by atoms with Gasteiger partial charge in [0.05, 0.1) is 0 Å². The van der Waals surface area contributed by atoms with Crippen LogP contribution in [0.4, 0.5) is 0 Å². The molecule has 0 spiro atoms. The predicted molar refractivity (Wildman–Crippen MR) is 57.1 cm³/mol. The van der Waals surface area contributed by atoms with Crippen molar-refractivity contribution in [3.05, 3.63) is 0 Å². The van der Waals surface area contributed by atoms with Crippen LogP contribution in [0.3, 0.4) is 0 Å². The van der Waals surface area contributed by atoms with Crippen molar-refractivity contribution in [2.75, 3.05) is 25.9 Å². The minimum atomic E-state index is -3.90. The summed E-state index contributed by atoms with van der Waals surface area (Å²) in [5.74, 6) is 0. The number of rotatable bonds is 6. The van der Waals surface area contributed by atoms with Crippen LogP contribution in [0, 0.1) is 0 Å². The van der Waals surface area contributed by atoms with E-state index in [2.05, 4.69) is 9.47 Å². The SMILES string of the molecule is CCOCP(=O)(O)O.CCOCP(=O)(O)O. The zero-order valence-electron chi connectivity index (χ0n) is 9.14. The highest BCUT2D eigenvalue weighted by Crippen LogP contribution is 2.34. The normalized spacial score (nSPS) is 11.9. The van der Waals surface area contributed by atoms with E-state index in [1.54, 1.807) is 13.8 Å². The Bertz CT molecular complexity index is 217. The summed E-state index contributed by atoms with van der Waals surface area (Å²) in [5.41, 5.74) is 0. The highest BCUT2D eigenvalue weighted by molar-refractivity contribution is 7.51. The van der Waals surface area contributed by atoms with E-state index in [1.165, 1.54) is 0 Å². The standard InChI is InChI=1S/2C3H9O4P/c2*1-2-7-3-8(4,5)6/h2*2-3H2,1H3,(H2,4,5,6). The molecule has 100 valence electrons. The summed E-state index contributed by atoms with van der Waals surface area (Å²) in [4.78, 5) is 32.5. The van der Waals surface area contributed by atoms with Crippen molar-refractivity contribution < 1.29 is 38.2 Å². The van der Waals surface area contributed by atoms with E-state index in [0.717, 1.165) is 0 Å². The van der Waals surface area contributed by atoms with Crippen LogP contribution in [0.25, 0.3) is 0 Å². The molecule has 0 heterocycles. The first kappa shape index (κ1) is 18.6. The van der Waals surface area contributed by atoms with Gasteiger partial charge in [-0.1, -0.05) is 0 Å². The van der Waals surface area contributed by atoms with E-state index in [9.17, 15) is 9.13 Å². The Kier molecular flexibility index (Phi) is 10.8. The summed E-state index contributed by atoms with van der Waals surface area (Å²) in [7, 11) is -7.81. The molecule has 0 radical (unpaired) electrons. The van der Waals surface area contributed by atoms with Crippen molar-refractivity contribution in [1.29, 1.82) is 0 Å². The summed E-state index contributed by atoms with van der Waals surface area (Å²) in [5, 5.41) is 0. The molecule has 0 aliphatic carbocycles. The maximum absolute atomic E-state index is 9.96. The fourth-order valence-corrected chi connectivity index (χ4v) is 1.26. The number of ether oxygens (including phenoxy) is 2. The van der Waals surface area contributed by atoms with Gasteiger partial charge in [-0.05, 0) is 13.8 Å². The largest absolute Gasteiger partial charge is 0.369 e. The van der Waals surface area contributed by atoms with Gasteiger partial charge < -0.3 is 29.0 Å². The van der Waals surface area contributed by atoms with Gasteiger partial charge in [0, 0.05) is 13.2 Å². The molecule has 0 saturated heterocycles. The van der Waals surface area contributed by atoms with Crippen LogP contribution in [0.5, 0.6) is 0 Å². The Morgan fingerprint density at radius 3 is 1.12 bits per heavy atom. The molecule has 4 N–H and O–H groups in total. The van der Waals surface area contributed by atoms with Gasteiger partial charge in [0.1, 0.15) is 12.7 Å². The van der Waals surface area contributed by atoms with Crippen molar-refractivity contribution >= 4 is 15.2 Å². The van der Waals surface area contributed by atoms with Crippen LogP contribution in [0.2, 0.25) is 0 Å². The van der Waals surface area contributed by atoms with Gasteiger partial charge in [-0.25, -0.2) is 0 Å². The average molecular weight is 280 g/mol. The lowest BCUT2D eigenvalue weighted by Crippen LogP contribution is -1.93. The lowest BCUT2D eigenvalue weighted by atomic mass is 10.9. The molecule has 0 aliphatic heterocycles. The second-order valence-corrected chi connectivity index (χ2v) is 5.75. The second kappa shape index (κ2) is 9.27. The molecule has 0 bridgehead atoms. The Hall–Kier alpha value is 0.220. The summed E-state index contributed by atoms with van der Waals surface area (Å²) in [6.45, 7) is 4.03. The fourth-order valence-electron chi connectivity index (χ4n) is 0.420. The summed E-state index contributed by atoms with van der Waals surface area (Å²) in [6.07, 6.45) is -0.938. The molecular formula is C6H18O8P2. The fraction of sp³-hybridized carbons (Fsp3) is 1.00. The molecule has 10 heteroatoms. The van der Waals surface area contributed by atoms with Gasteiger partial charge in [-0.2, -0.15) is 0 Å². The molecule has 0 fully saturated rings. The van der Waals surface area contributed by atoms with Crippen molar-refractivity contribution in [3.63, 3.8) is 0 Å². The molecule has 0 aromatic carbocycles. The minimum Gasteiger partial charge on any atom is -0.369 e. The molecule has 0 aromatic rings. The summed E-state index contributed by atoms with van der Waals surface area (Å²) in [6, 6.07) is 0. The minimum absolute atomic E-state index is 0.338. The molecule has 8 nitrogen and oxygen atoms in total. The Morgan fingerprint density at radius 1 is 0.812 bits per heavy atom. The Balaban J connectivity index is 0. The Morgan fingerprint density at radius 2 is 1.06 bits per heavy atom. The topological polar surface area (TPSA) is 134 Å². The van der Waals surface area contributed by atoms with E-state index in [1.807, 2.05) is 0 Å². The second-order valence-electron chi connectivity index (χ2n) is 2.57. The van der Waals surface area contributed by atoms with Crippen LogP contribution in [-0.4, -0.2) is 45.5 Å². The first-order chi connectivity index (χ1) is 7.12. The molecule has 0 unspecified atom stereocenters. The first-order valence-corrected chi connectivity index (χ1v) is 7.96. The van der Waals surface area contributed by atoms with Crippen molar-refractivity contribution in [2.45, 2.75) is 13.8 Å². The van der Waals surface area contributed by atoms with E-state index < -0.39 is 27.9 Å². The van der Waals surface area contributed by atoms with Gasteiger partial charge in [-0.3, -0.25) is 9.13 Å². The monoisotopic (exact) mass is 280 g/mol. The first-order valence-electron chi connectivity index (χ1n) is 4.37. The maximum atomic E-state index is 9.96. The third kappa shape index (κ3) is 23.8. The average Bonchev–Trinajstić information content (AvgIpc) is 2.10.